The molecular formula is C10H11ClNO2. The van der Waals surface area contributed by atoms with Crippen molar-refractivity contribution in [3.63, 3.8) is 0 Å². The smallest absolute Gasteiger partial charge is 0.281 e. The summed E-state index contributed by atoms with van der Waals surface area (Å²) in [7, 11) is 0. The number of benzene rings is 1. The summed E-state index contributed by atoms with van der Waals surface area (Å²) in [6.07, 6.45) is 0. The topological polar surface area (TPSA) is 50.1 Å². The molecule has 0 aromatic heterocycles. The van der Waals surface area contributed by atoms with Gasteiger partial charge in [-0.1, -0.05) is 11.6 Å². The fraction of sp³-hybridized carbons (Fsp3) is 0.300. The third-order valence-electron chi connectivity index (χ3n) is 1.73. The Hall–Kier alpha value is -1.22. The highest BCUT2D eigenvalue weighted by molar-refractivity contribution is 6.30. The Balaban J connectivity index is 2.79. The second-order valence-electron chi connectivity index (χ2n) is 3.40. The molecule has 75 valence electrons. The molecule has 0 heterocycles. The van der Waals surface area contributed by atoms with Gasteiger partial charge >= 0.3 is 0 Å². The Morgan fingerprint density at radius 2 is 1.86 bits per heavy atom. The van der Waals surface area contributed by atoms with E-state index in [9.17, 15) is 4.79 Å². The molecule has 0 unspecified atom stereocenters. The number of halogens is 1. The number of hydrogen-bond acceptors (Lipinski definition) is 2. The Kier molecular flexibility index (Phi) is 3.01. The number of rotatable bonds is 3. The van der Waals surface area contributed by atoms with Crippen molar-refractivity contribution in [3.8, 4) is 5.75 Å². The van der Waals surface area contributed by atoms with Crippen LogP contribution in [0.4, 0.5) is 0 Å². The molecule has 1 rings (SSSR count). The Morgan fingerprint density at radius 3 is 2.29 bits per heavy atom. The molecule has 14 heavy (non-hydrogen) atoms. The molecular weight excluding hydrogens is 202 g/mol. The van der Waals surface area contributed by atoms with Crippen LogP contribution in [0.1, 0.15) is 13.8 Å². The van der Waals surface area contributed by atoms with E-state index in [1.54, 1.807) is 38.1 Å². The average Bonchev–Trinajstić information content (AvgIpc) is 2.08. The van der Waals surface area contributed by atoms with Crippen LogP contribution >= 0.6 is 11.6 Å². The maximum Gasteiger partial charge on any atom is 0.281 e. The van der Waals surface area contributed by atoms with Crippen LogP contribution < -0.4 is 10.5 Å². The zero-order chi connectivity index (χ0) is 10.8. The molecule has 1 radical (unpaired) electrons. The fourth-order valence-electron chi connectivity index (χ4n) is 0.844. The largest absolute Gasteiger partial charge is 0.478 e. The number of hydrogen-bond donors (Lipinski definition) is 0. The molecule has 1 aromatic carbocycles. The number of amides is 1. The quantitative estimate of drug-likeness (QED) is 0.772. The first-order valence-electron chi connectivity index (χ1n) is 4.12. The van der Waals surface area contributed by atoms with E-state index in [4.69, 9.17) is 22.1 Å². The van der Waals surface area contributed by atoms with E-state index in [1.807, 2.05) is 0 Å². The number of carbonyl (C=O) groups is 1. The lowest BCUT2D eigenvalue weighted by Crippen LogP contribution is -2.38. The molecule has 1 N–H and O–H groups in total. The maximum atomic E-state index is 10.9. The lowest BCUT2D eigenvalue weighted by molar-refractivity contribution is -0.131. The van der Waals surface area contributed by atoms with E-state index in [2.05, 4.69) is 0 Å². The minimum atomic E-state index is -1.12. The molecule has 0 saturated heterocycles. The summed E-state index contributed by atoms with van der Waals surface area (Å²) in [5.74, 6) is -0.229. The van der Waals surface area contributed by atoms with E-state index in [1.165, 1.54) is 0 Å². The monoisotopic (exact) mass is 212 g/mol. The van der Waals surface area contributed by atoms with E-state index >= 15 is 0 Å². The molecule has 0 saturated carbocycles. The number of nitrogens with one attached hydrogen (secondary N) is 1. The Labute approximate surface area is 87.8 Å². The summed E-state index contributed by atoms with van der Waals surface area (Å²) in [5.41, 5.74) is 5.86. The highest BCUT2D eigenvalue weighted by Gasteiger charge is 2.27. The van der Waals surface area contributed by atoms with Crippen molar-refractivity contribution in [2.75, 3.05) is 0 Å². The summed E-state index contributed by atoms with van der Waals surface area (Å²) in [6.45, 7) is 3.11. The zero-order valence-corrected chi connectivity index (χ0v) is 8.76. The first kappa shape index (κ1) is 10.9. The normalized spacial score (nSPS) is 11.1. The highest BCUT2D eigenvalue weighted by Crippen LogP contribution is 2.20. The first-order valence-corrected chi connectivity index (χ1v) is 4.50. The summed E-state index contributed by atoms with van der Waals surface area (Å²) in [5, 5.41) is 0.604. The van der Waals surface area contributed by atoms with Crippen molar-refractivity contribution >= 4 is 17.5 Å². The van der Waals surface area contributed by atoms with Crippen molar-refractivity contribution in [1.82, 2.24) is 5.73 Å². The van der Waals surface area contributed by atoms with Gasteiger partial charge in [0.25, 0.3) is 5.91 Å². The fourth-order valence-corrected chi connectivity index (χ4v) is 0.970. The van der Waals surface area contributed by atoms with Gasteiger partial charge in [-0.25, -0.2) is 0 Å². The number of ether oxygens (including phenoxy) is 1. The van der Waals surface area contributed by atoms with E-state index in [0.29, 0.717) is 10.8 Å². The minimum absolute atomic E-state index is 0.528. The van der Waals surface area contributed by atoms with Gasteiger partial charge in [-0.2, -0.15) is 0 Å². The van der Waals surface area contributed by atoms with Gasteiger partial charge in [0.2, 0.25) is 0 Å². The van der Waals surface area contributed by atoms with Crippen molar-refractivity contribution in [2.24, 2.45) is 0 Å². The highest BCUT2D eigenvalue weighted by atomic mass is 35.5. The predicted molar refractivity (Wildman–Crippen MR) is 54.3 cm³/mol. The van der Waals surface area contributed by atoms with E-state index in [-0.39, 0.29) is 0 Å². The van der Waals surface area contributed by atoms with Gasteiger partial charge in [-0.3, -0.25) is 10.5 Å². The predicted octanol–water partition coefficient (Wildman–Crippen LogP) is 2.31. The van der Waals surface area contributed by atoms with Crippen LogP contribution in [-0.4, -0.2) is 11.5 Å². The van der Waals surface area contributed by atoms with Crippen molar-refractivity contribution in [3.05, 3.63) is 29.3 Å². The van der Waals surface area contributed by atoms with Gasteiger partial charge in [0.1, 0.15) is 5.75 Å². The number of carbonyl (C=O) groups excluding carboxylic acids is 1. The second-order valence-corrected chi connectivity index (χ2v) is 3.83. The Bertz CT molecular complexity index is 332. The van der Waals surface area contributed by atoms with Crippen LogP contribution in [0.25, 0.3) is 0 Å². The van der Waals surface area contributed by atoms with E-state index < -0.39 is 11.5 Å². The van der Waals surface area contributed by atoms with Crippen LogP contribution in [0.15, 0.2) is 24.3 Å². The lowest BCUT2D eigenvalue weighted by Gasteiger charge is -2.21. The van der Waals surface area contributed by atoms with Crippen LogP contribution in [0.3, 0.4) is 0 Å². The second kappa shape index (κ2) is 3.88. The summed E-state index contributed by atoms with van der Waals surface area (Å²) in [4.78, 5) is 10.9. The molecule has 0 aliphatic carbocycles. The zero-order valence-electron chi connectivity index (χ0n) is 8.00. The van der Waals surface area contributed by atoms with Crippen molar-refractivity contribution < 1.29 is 9.53 Å². The molecule has 0 aliphatic heterocycles. The third kappa shape index (κ3) is 2.64. The van der Waals surface area contributed by atoms with Gasteiger partial charge < -0.3 is 4.74 Å². The van der Waals surface area contributed by atoms with Crippen molar-refractivity contribution in [1.29, 1.82) is 0 Å². The standard InChI is InChI=1S/C10H11ClNO2/c1-10(2,9(12)13)14-8-5-3-7(11)4-6-8/h3-6,12H,1-2H3. The van der Waals surface area contributed by atoms with Gasteiger partial charge in [0.15, 0.2) is 5.60 Å². The molecule has 0 atom stereocenters. The van der Waals surface area contributed by atoms with Gasteiger partial charge in [-0.05, 0) is 38.1 Å². The van der Waals surface area contributed by atoms with Crippen LogP contribution in [0.5, 0.6) is 5.75 Å². The average molecular weight is 213 g/mol. The Morgan fingerprint density at radius 1 is 1.36 bits per heavy atom. The molecule has 1 aromatic rings. The van der Waals surface area contributed by atoms with Crippen LogP contribution in [0.2, 0.25) is 5.02 Å². The van der Waals surface area contributed by atoms with Gasteiger partial charge in [0.05, 0.1) is 0 Å². The maximum absolute atomic E-state index is 10.9. The molecule has 0 fully saturated rings. The van der Waals surface area contributed by atoms with E-state index in [0.717, 1.165) is 0 Å². The lowest BCUT2D eigenvalue weighted by atomic mass is 10.1. The van der Waals surface area contributed by atoms with Crippen LogP contribution in [-0.2, 0) is 4.79 Å². The molecule has 0 aliphatic rings. The van der Waals surface area contributed by atoms with Gasteiger partial charge in [0, 0.05) is 5.02 Å². The SMILES string of the molecule is CC(C)(Oc1ccc(Cl)cc1)C([NH])=O. The van der Waals surface area contributed by atoms with Crippen LogP contribution in [0, 0.1) is 0 Å². The molecule has 0 bridgehead atoms. The minimum Gasteiger partial charge on any atom is -0.478 e. The van der Waals surface area contributed by atoms with Gasteiger partial charge in [-0.15, -0.1) is 0 Å². The summed E-state index contributed by atoms with van der Waals surface area (Å²) in [6, 6.07) is 6.66. The first-order chi connectivity index (χ1) is 6.42. The third-order valence-corrected chi connectivity index (χ3v) is 1.99. The summed E-state index contributed by atoms with van der Waals surface area (Å²) < 4.78 is 5.32. The molecule has 1 amide bonds. The molecule has 3 nitrogen and oxygen atoms in total. The molecule has 4 heteroatoms. The summed E-state index contributed by atoms with van der Waals surface area (Å²) >= 11 is 5.69. The van der Waals surface area contributed by atoms with Crippen molar-refractivity contribution in [2.45, 2.75) is 19.4 Å². The molecule has 0 spiro atoms.